The fourth-order valence-corrected chi connectivity index (χ4v) is 10.2. The highest BCUT2D eigenvalue weighted by molar-refractivity contribution is 6.45. The minimum atomic E-state index is 1.17. The Bertz CT molecular complexity index is 3820. The van der Waals surface area contributed by atoms with Crippen LogP contribution in [0.1, 0.15) is 0 Å². The fraction of sp³-hybridized carbons (Fsp3) is 0. The number of para-hydroxylation sites is 2. The summed E-state index contributed by atoms with van der Waals surface area (Å²) in [4.78, 5) is 0. The number of fused-ring (bicyclic) bond motifs is 19. The molecular weight excluding hydrogens is 677 g/mol. The number of rotatable bonds is 2. The van der Waals surface area contributed by atoms with Gasteiger partial charge in [0.1, 0.15) is 0 Å². The van der Waals surface area contributed by atoms with E-state index in [1.807, 2.05) is 0 Å². The third-order valence-corrected chi connectivity index (χ3v) is 12.4. The van der Waals surface area contributed by atoms with E-state index in [1.54, 1.807) is 0 Å². The minimum Gasteiger partial charge on any atom is -0.309 e. The second-order valence-electron chi connectivity index (χ2n) is 15.2. The molecule has 0 aliphatic carbocycles. The van der Waals surface area contributed by atoms with Gasteiger partial charge < -0.3 is 9.13 Å². The number of nitrogens with zero attached hydrogens (tertiary/aromatic N) is 2. The molecule has 2 heteroatoms. The molecule has 0 unspecified atom stereocenters. The van der Waals surface area contributed by atoms with Gasteiger partial charge in [0, 0.05) is 48.8 Å². The van der Waals surface area contributed by atoms with E-state index < -0.39 is 0 Å². The largest absolute Gasteiger partial charge is 0.309 e. The summed E-state index contributed by atoms with van der Waals surface area (Å²) in [5.74, 6) is 0. The van der Waals surface area contributed by atoms with Crippen LogP contribution in [0.4, 0.5) is 0 Å². The van der Waals surface area contributed by atoms with Gasteiger partial charge in [0.2, 0.25) is 0 Å². The van der Waals surface area contributed by atoms with Gasteiger partial charge in [-0.25, -0.2) is 0 Å². The summed E-state index contributed by atoms with van der Waals surface area (Å²) < 4.78 is 5.10. The first-order valence-corrected chi connectivity index (χ1v) is 19.4. The molecule has 0 atom stereocenters. The van der Waals surface area contributed by atoms with Crippen LogP contribution < -0.4 is 0 Å². The van der Waals surface area contributed by atoms with Crippen LogP contribution in [0.3, 0.4) is 0 Å². The van der Waals surface area contributed by atoms with E-state index in [-0.39, 0.29) is 0 Å². The second-order valence-corrected chi connectivity index (χ2v) is 15.2. The molecule has 0 bridgehead atoms. The van der Waals surface area contributed by atoms with Crippen LogP contribution in [0, 0.1) is 0 Å². The van der Waals surface area contributed by atoms with Gasteiger partial charge in [0.15, 0.2) is 0 Å². The molecule has 0 aliphatic heterocycles. The van der Waals surface area contributed by atoms with Crippen molar-refractivity contribution in [3.8, 4) is 11.4 Å². The second kappa shape index (κ2) is 11.1. The summed E-state index contributed by atoms with van der Waals surface area (Å²) in [5, 5.41) is 20.3. The van der Waals surface area contributed by atoms with Gasteiger partial charge in [0.25, 0.3) is 0 Å². The fourth-order valence-electron chi connectivity index (χ4n) is 10.2. The molecular formula is C54H32N2. The highest BCUT2D eigenvalue weighted by Crippen LogP contribution is 2.51. The van der Waals surface area contributed by atoms with Gasteiger partial charge in [-0.05, 0) is 73.4 Å². The maximum absolute atomic E-state index is 2.57. The maximum atomic E-state index is 2.57. The molecule has 0 amide bonds. The Morgan fingerprint density at radius 2 is 0.714 bits per heavy atom. The molecule has 0 N–H and O–H groups in total. The van der Waals surface area contributed by atoms with E-state index in [0.717, 1.165) is 0 Å². The predicted molar refractivity (Wildman–Crippen MR) is 240 cm³/mol. The van der Waals surface area contributed by atoms with Crippen LogP contribution in [-0.2, 0) is 0 Å². The Labute approximate surface area is 321 Å². The van der Waals surface area contributed by atoms with E-state index in [4.69, 9.17) is 0 Å². The lowest BCUT2D eigenvalue weighted by Gasteiger charge is -2.18. The van der Waals surface area contributed by atoms with Crippen molar-refractivity contribution in [3.05, 3.63) is 194 Å². The zero-order chi connectivity index (χ0) is 36.5. The van der Waals surface area contributed by atoms with Crippen LogP contribution in [0.15, 0.2) is 194 Å². The molecule has 13 aromatic rings. The summed E-state index contributed by atoms with van der Waals surface area (Å²) in [6.07, 6.45) is 0. The van der Waals surface area contributed by atoms with Gasteiger partial charge in [-0.1, -0.05) is 164 Å². The monoisotopic (exact) mass is 708 g/mol. The van der Waals surface area contributed by atoms with Crippen LogP contribution in [-0.4, -0.2) is 9.13 Å². The third-order valence-electron chi connectivity index (χ3n) is 12.4. The number of hydrogen-bond acceptors (Lipinski definition) is 0. The molecule has 0 aliphatic rings. The highest BCUT2D eigenvalue weighted by atomic mass is 15.0. The topological polar surface area (TPSA) is 9.86 Å². The van der Waals surface area contributed by atoms with Gasteiger partial charge >= 0.3 is 0 Å². The first-order chi connectivity index (χ1) is 27.8. The van der Waals surface area contributed by atoms with Crippen molar-refractivity contribution in [1.29, 1.82) is 0 Å². The van der Waals surface area contributed by atoms with Crippen molar-refractivity contribution < 1.29 is 0 Å². The number of aromatic nitrogens is 2. The Balaban J connectivity index is 1.34. The summed E-state index contributed by atoms with van der Waals surface area (Å²) in [6, 6.07) is 72.0. The quantitative estimate of drug-likeness (QED) is 0.158. The standard InChI is InChI=1S/C54H32N2/c1-2-16-34-31-36(30-29-33(34)15-1)55-46-27-13-11-25-44(46)50-52-49(40-21-7-9-23-42(40)53(50)55)41-22-8-10-24-43(41)54-51(52)45-26-12-14-28-47(45)56(54)48-32-35-17-3-4-18-37(35)38-19-5-6-20-39(38)48/h1-32H. The third kappa shape index (κ3) is 3.85. The lowest BCUT2D eigenvalue weighted by molar-refractivity contribution is 1.19. The van der Waals surface area contributed by atoms with Crippen molar-refractivity contribution >= 4 is 108 Å². The number of benzene rings is 11. The van der Waals surface area contributed by atoms with Crippen molar-refractivity contribution in [2.24, 2.45) is 0 Å². The maximum Gasteiger partial charge on any atom is 0.0626 e. The number of hydrogen-bond donors (Lipinski definition) is 0. The van der Waals surface area contributed by atoms with E-state index in [2.05, 4.69) is 203 Å². The normalized spacial score (nSPS) is 12.3. The Morgan fingerprint density at radius 3 is 1.38 bits per heavy atom. The Kier molecular flexibility index (Phi) is 5.92. The van der Waals surface area contributed by atoms with Crippen molar-refractivity contribution in [3.63, 3.8) is 0 Å². The zero-order valence-corrected chi connectivity index (χ0v) is 30.4. The van der Waals surface area contributed by atoms with E-state index in [1.165, 1.54) is 120 Å². The smallest absolute Gasteiger partial charge is 0.0626 e. The van der Waals surface area contributed by atoms with E-state index >= 15 is 0 Å². The van der Waals surface area contributed by atoms with Crippen molar-refractivity contribution in [2.45, 2.75) is 0 Å². The van der Waals surface area contributed by atoms with Crippen LogP contribution >= 0.6 is 0 Å². The minimum absolute atomic E-state index is 1.17. The molecule has 2 aromatic heterocycles. The van der Waals surface area contributed by atoms with E-state index in [0.29, 0.717) is 0 Å². The van der Waals surface area contributed by atoms with Crippen LogP contribution in [0.2, 0.25) is 0 Å². The molecule has 56 heavy (non-hydrogen) atoms. The molecule has 0 saturated carbocycles. The van der Waals surface area contributed by atoms with Crippen LogP contribution in [0.5, 0.6) is 0 Å². The highest BCUT2D eigenvalue weighted by Gasteiger charge is 2.26. The average Bonchev–Trinajstić information content (AvgIpc) is 3.80. The summed E-state index contributed by atoms with van der Waals surface area (Å²) in [7, 11) is 0. The van der Waals surface area contributed by atoms with Crippen LogP contribution in [0.25, 0.3) is 120 Å². The summed E-state index contributed by atoms with van der Waals surface area (Å²) in [5.41, 5.74) is 7.27. The summed E-state index contributed by atoms with van der Waals surface area (Å²) in [6.45, 7) is 0. The first-order valence-electron chi connectivity index (χ1n) is 19.4. The van der Waals surface area contributed by atoms with Crippen molar-refractivity contribution in [1.82, 2.24) is 9.13 Å². The Morgan fingerprint density at radius 1 is 0.250 bits per heavy atom. The molecule has 0 spiro atoms. The lowest BCUT2D eigenvalue weighted by atomic mass is 9.89. The lowest BCUT2D eigenvalue weighted by Crippen LogP contribution is -1.98. The summed E-state index contributed by atoms with van der Waals surface area (Å²) >= 11 is 0. The molecule has 11 aromatic carbocycles. The van der Waals surface area contributed by atoms with Gasteiger partial charge in [-0.15, -0.1) is 0 Å². The van der Waals surface area contributed by atoms with E-state index in [9.17, 15) is 0 Å². The van der Waals surface area contributed by atoms with Crippen molar-refractivity contribution in [2.75, 3.05) is 0 Å². The molecule has 2 heterocycles. The van der Waals surface area contributed by atoms with Gasteiger partial charge in [0.05, 0.1) is 27.8 Å². The predicted octanol–water partition coefficient (Wildman–Crippen LogP) is 14.8. The molecule has 13 rings (SSSR count). The molecule has 2 nitrogen and oxygen atoms in total. The average molecular weight is 709 g/mol. The zero-order valence-electron chi connectivity index (χ0n) is 30.4. The Hall–Kier alpha value is -7.42. The van der Waals surface area contributed by atoms with Gasteiger partial charge in [-0.2, -0.15) is 0 Å². The molecule has 258 valence electrons. The molecule has 0 fully saturated rings. The molecule has 0 saturated heterocycles. The molecule has 0 radical (unpaired) electrons. The SMILES string of the molecule is c1ccc2cc(-n3c4ccccc4c4c5c(c6ccccc6c43)c3ccccc3c3c5c4ccccc4n3-c3cc4ccccc4c4ccccc34)ccc2c1. The van der Waals surface area contributed by atoms with Gasteiger partial charge in [-0.3, -0.25) is 0 Å². The first kappa shape index (κ1) is 30.0.